The molecule has 9 nitrogen and oxygen atoms in total. The van der Waals surface area contributed by atoms with Gasteiger partial charge in [-0.1, -0.05) is 29.8 Å². The van der Waals surface area contributed by atoms with Crippen molar-refractivity contribution in [3.63, 3.8) is 0 Å². The standard InChI is InChI=1S/C26H23N3O6/c1-3-34-25(32)18-8-6-17(7-9-18)22-13-12-20(35-22)14-21-24(31)29(26(33)28-21)15-23(30)27-19-10-4-16(2)5-11-19/h4-14H,3,15H2,1-2H3,(H,27,30)(H,28,33)/b21-14-. The van der Waals surface area contributed by atoms with Gasteiger partial charge in [0.05, 0.1) is 12.2 Å². The average Bonchev–Trinajstić information content (AvgIpc) is 3.41. The Morgan fingerprint density at radius 1 is 1.03 bits per heavy atom. The van der Waals surface area contributed by atoms with Crippen LogP contribution in [0.2, 0.25) is 0 Å². The number of anilines is 1. The Morgan fingerprint density at radius 2 is 1.74 bits per heavy atom. The number of urea groups is 1. The van der Waals surface area contributed by atoms with Gasteiger partial charge in [-0.3, -0.25) is 9.59 Å². The van der Waals surface area contributed by atoms with Crippen LogP contribution in [-0.2, 0) is 14.3 Å². The molecule has 2 aromatic carbocycles. The molecule has 1 aliphatic heterocycles. The number of hydrogen-bond acceptors (Lipinski definition) is 6. The maximum atomic E-state index is 12.7. The van der Waals surface area contributed by atoms with Gasteiger partial charge in [0.2, 0.25) is 5.91 Å². The molecule has 1 saturated heterocycles. The van der Waals surface area contributed by atoms with Gasteiger partial charge < -0.3 is 19.8 Å². The van der Waals surface area contributed by atoms with E-state index >= 15 is 0 Å². The molecule has 3 aromatic rings. The van der Waals surface area contributed by atoms with Gasteiger partial charge in [-0.2, -0.15) is 0 Å². The number of imide groups is 1. The molecule has 0 saturated carbocycles. The van der Waals surface area contributed by atoms with Crippen LogP contribution in [0.15, 0.2) is 70.8 Å². The molecule has 4 rings (SSSR count). The maximum absolute atomic E-state index is 12.7. The number of nitrogens with one attached hydrogen (secondary N) is 2. The number of rotatable bonds is 7. The van der Waals surface area contributed by atoms with E-state index in [2.05, 4.69) is 10.6 Å². The number of hydrogen-bond donors (Lipinski definition) is 2. The number of esters is 1. The van der Waals surface area contributed by atoms with E-state index in [1.807, 2.05) is 19.1 Å². The Morgan fingerprint density at radius 3 is 2.43 bits per heavy atom. The van der Waals surface area contributed by atoms with Crippen molar-refractivity contribution in [3.8, 4) is 11.3 Å². The lowest BCUT2D eigenvalue weighted by Gasteiger charge is -2.12. The highest BCUT2D eigenvalue weighted by Crippen LogP contribution is 2.25. The molecular weight excluding hydrogens is 450 g/mol. The number of aryl methyl sites for hydroxylation is 1. The molecule has 4 amide bonds. The molecule has 0 unspecified atom stereocenters. The van der Waals surface area contributed by atoms with Gasteiger partial charge in [0, 0.05) is 17.3 Å². The number of amides is 4. The lowest BCUT2D eigenvalue weighted by atomic mass is 10.1. The number of benzene rings is 2. The van der Waals surface area contributed by atoms with Crippen LogP contribution in [0.4, 0.5) is 10.5 Å². The Hall–Kier alpha value is -4.66. The van der Waals surface area contributed by atoms with Crippen molar-refractivity contribution in [2.24, 2.45) is 0 Å². The molecule has 9 heteroatoms. The summed E-state index contributed by atoms with van der Waals surface area (Å²) in [4.78, 5) is 49.9. The van der Waals surface area contributed by atoms with Crippen LogP contribution in [0.3, 0.4) is 0 Å². The number of carbonyl (C=O) groups is 4. The highest BCUT2D eigenvalue weighted by molar-refractivity contribution is 6.15. The molecule has 1 aromatic heterocycles. The highest BCUT2D eigenvalue weighted by atomic mass is 16.5. The van der Waals surface area contributed by atoms with Crippen LogP contribution in [0, 0.1) is 6.92 Å². The Kier molecular flexibility index (Phi) is 6.77. The second-order valence-corrected chi connectivity index (χ2v) is 7.79. The lowest BCUT2D eigenvalue weighted by Crippen LogP contribution is -2.38. The molecule has 0 atom stereocenters. The Bertz CT molecular complexity index is 1310. The van der Waals surface area contributed by atoms with Crippen LogP contribution >= 0.6 is 0 Å². The van der Waals surface area contributed by atoms with E-state index in [4.69, 9.17) is 9.15 Å². The molecule has 0 spiro atoms. The molecule has 0 aliphatic carbocycles. The normalized spacial score (nSPS) is 14.2. The van der Waals surface area contributed by atoms with Gasteiger partial charge in [0.25, 0.3) is 5.91 Å². The summed E-state index contributed by atoms with van der Waals surface area (Å²) in [6.45, 7) is 3.53. The fourth-order valence-corrected chi connectivity index (χ4v) is 3.41. The van der Waals surface area contributed by atoms with Crippen LogP contribution in [0.5, 0.6) is 0 Å². The molecule has 2 heterocycles. The second kappa shape index (κ2) is 10.1. The Labute approximate surface area is 201 Å². The third-order valence-electron chi connectivity index (χ3n) is 5.19. The molecule has 0 bridgehead atoms. The van der Waals surface area contributed by atoms with Crippen LogP contribution in [0.1, 0.15) is 28.6 Å². The van der Waals surface area contributed by atoms with E-state index in [-0.39, 0.29) is 5.70 Å². The second-order valence-electron chi connectivity index (χ2n) is 7.79. The van der Waals surface area contributed by atoms with Crippen molar-refractivity contribution in [2.75, 3.05) is 18.5 Å². The average molecular weight is 473 g/mol. The molecule has 1 fully saturated rings. The third-order valence-corrected chi connectivity index (χ3v) is 5.19. The monoisotopic (exact) mass is 473 g/mol. The molecule has 0 radical (unpaired) electrons. The summed E-state index contributed by atoms with van der Waals surface area (Å²) in [6.07, 6.45) is 1.40. The van der Waals surface area contributed by atoms with Crippen molar-refractivity contribution in [1.29, 1.82) is 0 Å². The van der Waals surface area contributed by atoms with E-state index in [1.54, 1.807) is 55.5 Å². The number of nitrogens with zero attached hydrogens (tertiary/aromatic N) is 1. The first-order chi connectivity index (χ1) is 16.8. The van der Waals surface area contributed by atoms with Crippen molar-refractivity contribution in [2.45, 2.75) is 13.8 Å². The van der Waals surface area contributed by atoms with E-state index in [0.29, 0.717) is 29.4 Å². The van der Waals surface area contributed by atoms with Crippen molar-refractivity contribution >= 4 is 35.6 Å². The molecule has 2 N–H and O–H groups in total. The highest BCUT2D eigenvalue weighted by Gasteiger charge is 2.35. The van der Waals surface area contributed by atoms with E-state index in [1.165, 1.54) is 6.08 Å². The van der Waals surface area contributed by atoms with Gasteiger partial charge in [-0.25, -0.2) is 14.5 Å². The van der Waals surface area contributed by atoms with Crippen molar-refractivity contribution in [3.05, 3.63) is 83.2 Å². The SMILES string of the molecule is CCOC(=O)c1ccc(-c2ccc(/C=C3\NC(=O)N(CC(=O)Nc4ccc(C)cc4)C3=O)o2)cc1. The van der Waals surface area contributed by atoms with Crippen LogP contribution in [0.25, 0.3) is 17.4 Å². The zero-order valence-electron chi connectivity index (χ0n) is 19.2. The van der Waals surface area contributed by atoms with Gasteiger partial charge in [0.1, 0.15) is 23.8 Å². The van der Waals surface area contributed by atoms with Crippen molar-refractivity contribution < 1.29 is 28.3 Å². The Balaban J connectivity index is 1.42. The summed E-state index contributed by atoms with van der Waals surface area (Å²) in [5.74, 6) is -0.685. The lowest BCUT2D eigenvalue weighted by molar-refractivity contribution is -0.127. The topological polar surface area (TPSA) is 118 Å². The summed E-state index contributed by atoms with van der Waals surface area (Å²) in [5.41, 5.74) is 2.76. The van der Waals surface area contributed by atoms with E-state index in [9.17, 15) is 19.2 Å². The number of furan rings is 1. The van der Waals surface area contributed by atoms with Crippen LogP contribution in [-0.4, -0.2) is 41.9 Å². The van der Waals surface area contributed by atoms with Gasteiger partial charge in [0.15, 0.2) is 0 Å². The summed E-state index contributed by atoms with van der Waals surface area (Å²) in [5, 5.41) is 5.13. The van der Waals surface area contributed by atoms with Gasteiger partial charge in [-0.05, 0) is 50.2 Å². The molecule has 178 valence electrons. The predicted octanol–water partition coefficient (Wildman–Crippen LogP) is 3.96. The number of carbonyl (C=O) groups excluding carboxylic acids is 4. The first-order valence-corrected chi connectivity index (χ1v) is 10.9. The summed E-state index contributed by atoms with van der Waals surface area (Å²) >= 11 is 0. The van der Waals surface area contributed by atoms with E-state index < -0.39 is 30.4 Å². The predicted molar refractivity (Wildman–Crippen MR) is 128 cm³/mol. The molecule has 35 heavy (non-hydrogen) atoms. The first-order valence-electron chi connectivity index (χ1n) is 10.9. The fourth-order valence-electron chi connectivity index (χ4n) is 3.41. The number of ether oxygens (including phenoxy) is 1. The summed E-state index contributed by atoms with van der Waals surface area (Å²) in [7, 11) is 0. The summed E-state index contributed by atoms with van der Waals surface area (Å²) in [6, 6.07) is 16.5. The minimum Gasteiger partial charge on any atom is -0.462 e. The van der Waals surface area contributed by atoms with Gasteiger partial charge >= 0.3 is 12.0 Å². The van der Waals surface area contributed by atoms with E-state index in [0.717, 1.165) is 16.0 Å². The largest absolute Gasteiger partial charge is 0.462 e. The van der Waals surface area contributed by atoms with Crippen LogP contribution < -0.4 is 10.6 Å². The van der Waals surface area contributed by atoms with Crippen molar-refractivity contribution in [1.82, 2.24) is 10.2 Å². The fraction of sp³-hybridized carbons (Fsp3) is 0.154. The third kappa shape index (κ3) is 5.47. The zero-order valence-corrected chi connectivity index (χ0v) is 19.2. The minimum atomic E-state index is -0.693. The minimum absolute atomic E-state index is 0.00306. The quantitative estimate of drug-likeness (QED) is 0.305. The first kappa shape index (κ1) is 23.5. The zero-order chi connectivity index (χ0) is 24.9. The maximum Gasteiger partial charge on any atom is 0.338 e. The summed E-state index contributed by atoms with van der Waals surface area (Å²) < 4.78 is 10.7. The molecular formula is C26H23N3O6. The smallest absolute Gasteiger partial charge is 0.338 e. The molecule has 1 aliphatic rings. The van der Waals surface area contributed by atoms with Gasteiger partial charge in [-0.15, -0.1) is 0 Å².